The van der Waals surface area contributed by atoms with Crippen LogP contribution in [0.1, 0.15) is 53.9 Å². The molecule has 0 spiro atoms. The van der Waals surface area contributed by atoms with Crippen molar-refractivity contribution in [2.24, 2.45) is 11.3 Å². The molecule has 4 N–H and O–H groups in total. The largest absolute Gasteiger partial charge is 0.459 e. The molecule has 42 heavy (non-hydrogen) atoms. The van der Waals surface area contributed by atoms with Crippen molar-refractivity contribution < 1.29 is 38.1 Å². The Labute approximate surface area is 250 Å². The fraction of sp³-hybridized carbons (Fsp3) is 0.862. The first-order valence-electron chi connectivity index (χ1n) is 15.1. The highest BCUT2D eigenvalue weighted by Crippen LogP contribution is 2.28. The number of hydrogen-bond donors (Lipinski definition) is 4. The van der Waals surface area contributed by atoms with Gasteiger partial charge < -0.3 is 45.1 Å². The number of amides is 3. The molecule has 2 heterocycles. The standard InChI is InChI=1S/C29H53N5O8/c1-20(2)17-32-26(36)23-16-21(42-28(38)22-8-7-9-31-22)18-34(23)27(37)25(29(3,4)5)33-24(35)19-41-15-14-40-13-12-39-11-10-30-6/h20-23,25,30-31H,7-19H2,1-6H3,(H,32,36)(H,33,35). The summed E-state index contributed by atoms with van der Waals surface area (Å²) < 4.78 is 22.0. The van der Waals surface area contributed by atoms with E-state index in [-0.39, 0.29) is 50.0 Å². The molecule has 0 aromatic heterocycles. The molecule has 0 aromatic carbocycles. The van der Waals surface area contributed by atoms with Crippen molar-refractivity contribution in [3.63, 3.8) is 0 Å². The number of nitrogens with zero attached hydrogens (tertiary/aromatic N) is 1. The van der Waals surface area contributed by atoms with Gasteiger partial charge in [-0.15, -0.1) is 0 Å². The zero-order valence-electron chi connectivity index (χ0n) is 26.3. The van der Waals surface area contributed by atoms with Gasteiger partial charge in [0.25, 0.3) is 0 Å². The predicted molar refractivity (Wildman–Crippen MR) is 157 cm³/mol. The molecule has 0 aliphatic carbocycles. The van der Waals surface area contributed by atoms with Crippen LogP contribution in [0.5, 0.6) is 0 Å². The van der Waals surface area contributed by atoms with Gasteiger partial charge in [-0.1, -0.05) is 34.6 Å². The Hall–Kier alpha value is -2.32. The molecule has 0 radical (unpaired) electrons. The number of carbonyl (C=O) groups is 4. The maximum atomic E-state index is 13.9. The van der Waals surface area contributed by atoms with E-state index in [0.29, 0.717) is 39.4 Å². The molecule has 13 nitrogen and oxygen atoms in total. The Morgan fingerprint density at radius 1 is 1.00 bits per heavy atom. The molecule has 242 valence electrons. The summed E-state index contributed by atoms with van der Waals surface area (Å²) in [5.41, 5.74) is -0.662. The van der Waals surface area contributed by atoms with Crippen LogP contribution in [-0.4, -0.2) is 126 Å². The van der Waals surface area contributed by atoms with E-state index in [1.807, 2.05) is 41.7 Å². The van der Waals surface area contributed by atoms with Crippen LogP contribution >= 0.6 is 0 Å². The van der Waals surface area contributed by atoms with E-state index in [9.17, 15) is 19.2 Å². The van der Waals surface area contributed by atoms with Crippen molar-refractivity contribution in [1.82, 2.24) is 26.2 Å². The molecule has 2 aliphatic rings. The van der Waals surface area contributed by atoms with Crippen LogP contribution in [0, 0.1) is 11.3 Å². The minimum atomic E-state index is -0.925. The van der Waals surface area contributed by atoms with Gasteiger partial charge in [0, 0.05) is 19.5 Å². The molecule has 2 rings (SSSR count). The van der Waals surface area contributed by atoms with Gasteiger partial charge in [0.1, 0.15) is 30.8 Å². The first-order chi connectivity index (χ1) is 19.9. The number of carbonyl (C=O) groups excluding carboxylic acids is 4. The topological polar surface area (TPSA) is 157 Å². The van der Waals surface area contributed by atoms with Gasteiger partial charge in [-0.2, -0.15) is 0 Å². The van der Waals surface area contributed by atoms with Gasteiger partial charge in [0.15, 0.2) is 0 Å². The fourth-order valence-corrected chi connectivity index (χ4v) is 4.73. The Kier molecular flexibility index (Phi) is 15.7. The second-order valence-electron chi connectivity index (χ2n) is 12.3. The van der Waals surface area contributed by atoms with Gasteiger partial charge >= 0.3 is 5.97 Å². The molecule has 13 heteroatoms. The summed E-state index contributed by atoms with van der Waals surface area (Å²) in [4.78, 5) is 54.0. The quantitative estimate of drug-likeness (QED) is 0.123. The van der Waals surface area contributed by atoms with E-state index in [1.54, 1.807) is 0 Å². The maximum absolute atomic E-state index is 13.9. The summed E-state index contributed by atoms with van der Waals surface area (Å²) in [6, 6.07) is -2.11. The van der Waals surface area contributed by atoms with E-state index >= 15 is 0 Å². The monoisotopic (exact) mass is 599 g/mol. The smallest absolute Gasteiger partial charge is 0.323 e. The van der Waals surface area contributed by atoms with E-state index in [4.69, 9.17) is 18.9 Å². The van der Waals surface area contributed by atoms with Crippen molar-refractivity contribution in [2.75, 3.05) is 72.9 Å². The molecule has 4 unspecified atom stereocenters. The Balaban J connectivity index is 1.96. The minimum absolute atomic E-state index is 0.0754. The average molecular weight is 600 g/mol. The number of rotatable bonds is 18. The molecule has 0 aromatic rings. The lowest BCUT2D eigenvalue weighted by Gasteiger charge is -2.35. The van der Waals surface area contributed by atoms with E-state index in [1.165, 1.54) is 4.90 Å². The van der Waals surface area contributed by atoms with Gasteiger partial charge in [-0.05, 0) is 37.8 Å². The van der Waals surface area contributed by atoms with Crippen LogP contribution in [0.2, 0.25) is 0 Å². The number of esters is 1. The van der Waals surface area contributed by atoms with Crippen molar-refractivity contribution in [3.05, 3.63) is 0 Å². The van der Waals surface area contributed by atoms with Crippen LogP contribution < -0.4 is 21.3 Å². The van der Waals surface area contributed by atoms with Crippen molar-refractivity contribution in [2.45, 2.75) is 78.1 Å². The molecule has 0 saturated carbocycles. The predicted octanol–water partition coefficient (Wildman–Crippen LogP) is -0.177. The summed E-state index contributed by atoms with van der Waals surface area (Å²) in [5.74, 6) is -1.29. The second kappa shape index (κ2) is 18.4. The highest BCUT2D eigenvalue weighted by atomic mass is 16.6. The third-order valence-electron chi connectivity index (χ3n) is 7.05. The normalized spacial score (nSPS) is 21.4. The number of likely N-dealkylation sites (N-methyl/N-ethyl adjacent to an activating group) is 1. The van der Waals surface area contributed by atoms with Crippen LogP contribution in [0.3, 0.4) is 0 Å². The summed E-state index contributed by atoms with van der Waals surface area (Å²) in [6.07, 6.45) is 1.17. The van der Waals surface area contributed by atoms with Gasteiger partial charge in [0.2, 0.25) is 17.7 Å². The molecule has 4 atom stereocenters. The maximum Gasteiger partial charge on any atom is 0.323 e. The third-order valence-corrected chi connectivity index (χ3v) is 7.05. The third kappa shape index (κ3) is 12.5. The Morgan fingerprint density at radius 2 is 1.67 bits per heavy atom. The Bertz CT molecular complexity index is 859. The van der Waals surface area contributed by atoms with Crippen molar-refractivity contribution in [3.8, 4) is 0 Å². The molecular weight excluding hydrogens is 546 g/mol. The summed E-state index contributed by atoms with van der Waals surface area (Å²) >= 11 is 0. The van der Waals surface area contributed by atoms with Crippen LogP contribution in [0.15, 0.2) is 0 Å². The number of likely N-dealkylation sites (tertiary alicyclic amines) is 1. The first kappa shape index (κ1) is 35.9. The summed E-state index contributed by atoms with van der Waals surface area (Å²) in [7, 11) is 1.85. The highest BCUT2D eigenvalue weighted by molar-refractivity contribution is 5.93. The lowest BCUT2D eigenvalue weighted by atomic mass is 9.85. The minimum Gasteiger partial charge on any atom is -0.459 e. The lowest BCUT2D eigenvalue weighted by molar-refractivity contribution is -0.151. The average Bonchev–Trinajstić information content (AvgIpc) is 3.61. The molecular formula is C29H53N5O8. The molecule has 2 aliphatic heterocycles. The second-order valence-corrected chi connectivity index (χ2v) is 12.3. The number of hydrogen-bond acceptors (Lipinski definition) is 10. The molecule has 2 fully saturated rings. The van der Waals surface area contributed by atoms with E-state index in [2.05, 4.69) is 21.3 Å². The number of ether oxygens (including phenoxy) is 4. The van der Waals surface area contributed by atoms with E-state index in [0.717, 1.165) is 19.5 Å². The molecule has 0 bridgehead atoms. The van der Waals surface area contributed by atoms with E-state index < -0.39 is 35.4 Å². The highest BCUT2D eigenvalue weighted by Gasteiger charge is 2.46. The fourth-order valence-electron chi connectivity index (χ4n) is 4.73. The molecule has 2 saturated heterocycles. The lowest BCUT2D eigenvalue weighted by Crippen LogP contribution is -2.58. The zero-order chi connectivity index (χ0) is 31.1. The van der Waals surface area contributed by atoms with Crippen molar-refractivity contribution >= 4 is 23.7 Å². The SMILES string of the molecule is CNCCOCCOCCOCC(=O)NC(C(=O)N1CC(OC(=O)C2CCCN2)CC1C(=O)NCC(C)C)C(C)(C)C. The number of nitrogens with one attached hydrogen (secondary N) is 4. The van der Waals surface area contributed by atoms with Crippen molar-refractivity contribution in [1.29, 1.82) is 0 Å². The van der Waals surface area contributed by atoms with Gasteiger partial charge in [-0.25, -0.2) is 0 Å². The van der Waals surface area contributed by atoms with Crippen LogP contribution in [-0.2, 0) is 38.1 Å². The summed E-state index contributed by atoms with van der Waals surface area (Å²) in [5, 5.41) is 11.8. The van der Waals surface area contributed by atoms with Gasteiger partial charge in [0.05, 0.1) is 39.6 Å². The first-order valence-corrected chi connectivity index (χ1v) is 15.1. The van der Waals surface area contributed by atoms with Gasteiger partial charge in [-0.3, -0.25) is 19.2 Å². The van der Waals surface area contributed by atoms with Crippen LogP contribution in [0.25, 0.3) is 0 Å². The Morgan fingerprint density at radius 3 is 2.26 bits per heavy atom. The molecule has 3 amide bonds. The van der Waals surface area contributed by atoms with Crippen LogP contribution in [0.4, 0.5) is 0 Å². The summed E-state index contributed by atoms with van der Waals surface area (Å²) in [6.45, 7) is 13.3. The zero-order valence-corrected chi connectivity index (χ0v) is 26.3.